The highest BCUT2D eigenvalue weighted by atomic mass is 32.2. The number of aryl methyl sites for hydroxylation is 1. The SMILES string of the molecule is CCn1nc(-c2ccc(S(=O)(=O)CC)cc2)c(C2=CCCCC2)c1C(F)(F)F. The van der Waals surface area contributed by atoms with E-state index in [1.165, 1.54) is 24.3 Å². The number of aromatic nitrogens is 2. The van der Waals surface area contributed by atoms with Crippen molar-refractivity contribution in [3.05, 3.63) is 41.6 Å². The lowest BCUT2D eigenvalue weighted by atomic mass is 9.90. The van der Waals surface area contributed by atoms with E-state index in [-0.39, 0.29) is 28.5 Å². The minimum absolute atomic E-state index is 0.0346. The van der Waals surface area contributed by atoms with Crippen LogP contribution in [-0.2, 0) is 22.6 Å². The fourth-order valence-corrected chi connectivity index (χ4v) is 4.42. The lowest BCUT2D eigenvalue weighted by Gasteiger charge is -2.17. The van der Waals surface area contributed by atoms with Crippen LogP contribution >= 0.6 is 0 Å². The third-order valence-electron chi connectivity index (χ3n) is 5.00. The van der Waals surface area contributed by atoms with Crippen LogP contribution in [0.3, 0.4) is 0 Å². The zero-order valence-corrected chi connectivity index (χ0v) is 16.7. The van der Waals surface area contributed by atoms with Gasteiger partial charge in [-0.15, -0.1) is 0 Å². The summed E-state index contributed by atoms with van der Waals surface area (Å²) in [6.07, 6.45) is 0.472. The molecular weight excluding hydrogens is 389 g/mol. The maximum atomic E-state index is 13.9. The lowest BCUT2D eigenvalue weighted by molar-refractivity contribution is -0.144. The number of sulfone groups is 1. The third-order valence-corrected chi connectivity index (χ3v) is 6.75. The van der Waals surface area contributed by atoms with Gasteiger partial charge in [0.1, 0.15) is 5.69 Å². The highest BCUT2D eigenvalue weighted by Gasteiger charge is 2.40. The Bertz CT molecular complexity index is 988. The summed E-state index contributed by atoms with van der Waals surface area (Å²) in [6, 6.07) is 5.95. The first-order valence-electron chi connectivity index (χ1n) is 9.39. The van der Waals surface area contributed by atoms with Crippen molar-refractivity contribution in [2.45, 2.75) is 57.1 Å². The second-order valence-corrected chi connectivity index (χ2v) is 9.07. The molecule has 1 aliphatic carbocycles. The van der Waals surface area contributed by atoms with E-state index in [4.69, 9.17) is 0 Å². The van der Waals surface area contributed by atoms with Crippen LogP contribution < -0.4 is 0 Å². The Balaban J connectivity index is 2.21. The fourth-order valence-electron chi connectivity index (χ4n) is 3.54. The Morgan fingerprint density at radius 1 is 1.11 bits per heavy atom. The van der Waals surface area contributed by atoms with Crippen molar-refractivity contribution < 1.29 is 21.6 Å². The molecule has 0 unspecified atom stereocenters. The average molecular weight is 412 g/mol. The second kappa shape index (κ2) is 7.73. The summed E-state index contributed by atoms with van der Waals surface area (Å²) in [4.78, 5) is 0.156. The molecule has 0 spiro atoms. The van der Waals surface area contributed by atoms with Gasteiger partial charge in [-0.1, -0.05) is 25.1 Å². The van der Waals surface area contributed by atoms with Crippen LogP contribution in [0.15, 0.2) is 35.2 Å². The topological polar surface area (TPSA) is 52.0 Å². The van der Waals surface area contributed by atoms with Crippen LogP contribution in [0.1, 0.15) is 50.8 Å². The number of nitrogens with zero attached hydrogens (tertiary/aromatic N) is 2. The molecule has 1 aromatic carbocycles. The molecule has 0 N–H and O–H groups in total. The molecule has 8 heteroatoms. The van der Waals surface area contributed by atoms with E-state index in [1.54, 1.807) is 13.8 Å². The minimum atomic E-state index is -4.53. The second-order valence-electron chi connectivity index (χ2n) is 6.79. The summed E-state index contributed by atoms with van der Waals surface area (Å²) in [7, 11) is -3.38. The first kappa shape index (κ1) is 20.6. The molecule has 1 aromatic heterocycles. The molecular formula is C20H23F3N2O2S. The van der Waals surface area contributed by atoms with Crippen LogP contribution in [0.4, 0.5) is 13.2 Å². The summed E-state index contributed by atoms with van der Waals surface area (Å²) < 4.78 is 66.7. The van der Waals surface area contributed by atoms with Gasteiger partial charge in [0.15, 0.2) is 15.5 Å². The van der Waals surface area contributed by atoms with Crippen molar-refractivity contribution in [1.82, 2.24) is 9.78 Å². The molecule has 0 saturated carbocycles. The van der Waals surface area contributed by atoms with Gasteiger partial charge in [-0.05, 0) is 50.3 Å². The van der Waals surface area contributed by atoms with Gasteiger partial charge >= 0.3 is 6.18 Å². The Morgan fingerprint density at radius 3 is 2.29 bits per heavy atom. The molecule has 3 rings (SSSR count). The third kappa shape index (κ3) is 3.87. The van der Waals surface area contributed by atoms with E-state index in [1.807, 2.05) is 6.08 Å². The summed E-state index contributed by atoms with van der Waals surface area (Å²) in [5, 5.41) is 4.26. The molecule has 28 heavy (non-hydrogen) atoms. The van der Waals surface area contributed by atoms with Gasteiger partial charge in [0.2, 0.25) is 0 Å². The predicted octanol–water partition coefficient (Wildman–Crippen LogP) is 5.34. The van der Waals surface area contributed by atoms with E-state index >= 15 is 0 Å². The molecule has 0 bridgehead atoms. The van der Waals surface area contributed by atoms with Crippen LogP contribution in [-0.4, -0.2) is 24.0 Å². The van der Waals surface area contributed by atoms with Gasteiger partial charge in [-0.3, -0.25) is 4.68 Å². The predicted molar refractivity (Wildman–Crippen MR) is 103 cm³/mol. The molecule has 2 aromatic rings. The smallest absolute Gasteiger partial charge is 0.260 e. The molecule has 1 aliphatic rings. The first-order chi connectivity index (χ1) is 13.2. The summed E-state index contributed by atoms with van der Waals surface area (Å²) in [5.41, 5.74) is 0.791. The van der Waals surface area contributed by atoms with E-state index in [2.05, 4.69) is 5.10 Å². The maximum absolute atomic E-state index is 13.9. The van der Waals surface area contributed by atoms with Gasteiger partial charge in [-0.2, -0.15) is 18.3 Å². The molecule has 1 heterocycles. The number of hydrogen-bond acceptors (Lipinski definition) is 3. The molecule has 0 radical (unpaired) electrons. The molecule has 0 atom stereocenters. The first-order valence-corrected chi connectivity index (χ1v) is 11.0. The molecule has 0 amide bonds. The quantitative estimate of drug-likeness (QED) is 0.666. The molecule has 0 fully saturated rings. The minimum Gasteiger partial charge on any atom is -0.260 e. The van der Waals surface area contributed by atoms with Crippen molar-refractivity contribution >= 4 is 15.4 Å². The number of halogens is 3. The Hall–Kier alpha value is -2.09. The van der Waals surface area contributed by atoms with E-state index in [0.717, 1.165) is 23.9 Å². The fraction of sp³-hybridized carbons (Fsp3) is 0.450. The maximum Gasteiger partial charge on any atom is 0.433 e. The van der Waals surface area contributed by atoms with Gasteiger partial charge in [0.05, 0.1) is 10.6 Å². The van der Waals surface area contributed by atoms with Gasteiger partial charge in [0.25, 0.3) is 0 Å². The number of alkyl halides is 3. The van der Waals surface area contributed by atoms with Crippen molar-refractivity contribution in [2.24, 2.45) is 0 Å². The Kier molecular flexibility index (Phi) is 5.70. The molecule has 152 valence electrons. The van der Waals surface area contributed by atoms with Crippen LogP contribution in [0, 0.1) is 0 Å². The number of hydrogen-bond donors (Lipinski definition) is 0. The van der Waals surface area contributed by atoms with Gasteiger partial charge in [0, 0.05) is 17.7 Å². The van der Waals surface area contributed by atoms with Crippen molar-refractivity contribution in [1.29, 1.82) is 0 Å². The van der Waals surface area contributed by atoms with Crippen molar-refractivity contribution in [2.75, 3.05) is 5.75 Å². The van der Waals surface area contributed by atoms with Crippen molar-refractivity contribution in [3.63, 3.8) is 0 Å². The number of allylic oxidation sites excluding steroid dienone is 2. The highest BCUT2D eigenvalue weighted by Crippen LogP contribution is 2.43. The van der Waals surface area contributed by atoms with Crippen molar-refractivity contribution in [3.8, 4) is 11.3 Å². The zero-order chi connectivity index (χ0) is 20.5. The van der Waals surface area contributed by atoms with Crippen LogP contribution in [0.5, 0.6) is 0 Å². The summed E-state index contributed by atoms with van der Waals surface area (Å²) in [6.45, 7) is 3.27. The van der Waals surface area contributed by atoms with E-state index in [9.17, 15) is 21.6 Å². The largest absolute Gasteiger partial charge is 0.433 e. The monoisotopic (exact) mass is 412 g/mol. The summed E-state index contributed by atoms with van der Waals surface area (Å²) >= 11 is 0. The van der Waals surface area contributed by atoms with Gasteiger partial charge < -0.3 is 0 Å². The Morgan fingerprint density at radius 2 is 1.79 bits per heavy atom. The normalized spacial score (nSPS) is 15.5. The van der Waals surface area contributed by atoms with Gasteiger partial charge in [-0.25, -0.2) is 8.42 Å². The molecule has 4 nitrogen and oxygen atoms in total. The number of benzene rings is 1. The molecule has 0 saturated heterocycles. The average Bonchev–Trinajstić information content (AvgIpc) is 3.09. The summed E-state index contributed by atoms with van der Waals surface area (Å²) in [5.74, 6) is -0.0346. The highest BCUT2D eigenvalue weighted by molar-refractivity contribution is 7.91. The Labute approximate surface area is 163 Å². The van der Waals surface area contributed by atoms with Crippen LogP contribution in [0.25, 0.3) is 16.8 Å². The van der Waals surface area contributed by atoms with E-state index < -0.39 is 21.7 Å². The standard InChI is InChI=1S/C20H23F3N2O2S/c1-3-25-19(20(21,22)23)17(14-8-6-5-7-9-14)18(24-25)15-10-12-16(13-11-15)28(26,27)4-2/h8,10-13H,3-7,9H2,1-2H3. The lowest BCUT2D eigenvalue weighted by Crippen LogP contribution is -2.16. The van der Waals surface area contributed by atoms with E-state index in [0.29, 0.717) is 17.6 Å². The van der Waals surface area contributed by atoms with Crippen LogP contribution in [0.2, 0.25) is 0 Å². The molecule has 0 aliphatic heterocycles. The number of rotatable bonds is 5. The zero-order valence-electron chi connectivity index (χ0n) is 15.9.